The maximum absolute atomic E-state index is 11.9. The van der Waals surface area contributed by atoms with Crippen LogP contribution in [0.15, 0.2) is 53.6 Å². The summed E-state index contributed by atoms with van der Waals surface area (Å²) in [5, 5.41) is 16.3. The lowest BCUT2D eigenvalue weighted by Crippen LogP contribution is -2.25. The van der Waals surface area contributed by atoms with Crippen LogP contribution >= 0.6 is 0 Å². The molecule has 0 fully saturated rings. The van der Waals surface area contributed by atoms with E-state index in [9.17, 15) is 14.9 Å². The third kappa shape index (κ3) is 2.89. The number of carbonyl (C=O) groups excluding carboxylic acids is 1. The van der Waals surface area contributed by atoms with Crippen LogP contribution in [0.3, 0.4) is 0 Å². The van der Waals surface area contributed by atoms with Crippen molar-refractivity contribution in [2.45, 2.75) is 13.2 Å². The van der Waals surface area contributed by atoms with Crippen molar-refractivity contribution in [3.05, 3.63) is 69.8 Å². The van der Waals surface area contributed by atoms with Crippen molar-refractivity contribution >= 4 is 23.2 Å². The Balaban J connectivity index is 1.95. The molecule has 0 radical (unpaired) electrons. The summed E-state index contributed by atoms with van der Waals surface area (Å²) in [6.07, 6.45) is -0.852. The van der Waals surface area contributed by atoms with Crippen molar-refractivity contribution in [3.8, 4) is 0 Å². The average molecular weight is 326 g/mol. The Labute approximate surface area is 137 Å². The van der Waals surface area contributed by atoms with E-state index in [-0.39, 0.29) is 17.5 Å². The number of hydrogen-bond donors (Lipinski definition) is 1. The topological polar surface area (TPSA) is 111 Å². The highest BCUT2D eigenvalue weighted by molar-refractivity contribution is 5.96. The highest BCUT2D eigenvalue weighted by Gasteiger charge is 2.33. The zero-order valence-corrected chi connectivity index (χ0v) is 12.7. The molecule has 0 saturated carbocycles. The van der Waals surface area contributed by atoms with Gasteiger partial charge in [0.1, 0.15) is 0 Å². The smallest absolute Gasteiger partial charge is 0.269 e. The van der Waals surface area contributed by atoms with Crippen molar-refractivity contribution < 1.29 is 14.5 Å². The molecule has 0 aliphatic carbocycles. The van der Waals surface area contributed by atoms with Gasteiger partial charge in [0, 0.05) is 35.9 Å². The summed E-state index contributed by atoms with van der Waals surface area (Å²) in [6.45, 7) is 1.35. The zero-order chi connectivity index (χ0) is 17.3. The SMILES string of the molecule is CC(=O)N1N=C(c2ccc(N)cc2)OC1c1cccc([N+](=O)[O-])c1. The Kier molecular flexibility index (Phi) is 3.87. The highest BCUT2D eigenvalue weighted by Crippen LogP contribution is 2.31. The average Bonchev–Trinajstić information content (AvgIpc) is 3.01. The van der Waals surface area contributed by atoms with Gasteiger partial charge < -0.3 is 10.5 Å². The lowest BCUT2D eigenvalue weighted by Gasteiger charge is -2.19. The van der Waals surface area contributed by atoms with Crippen molar-refractivity contribution in [2.75, 3.05) is 5.73 Å². The molecule has 2 N–H and O–H groups in total. The number of carbonyl (C=O) groups is 1. The fraction of sp³-hybridized carbons (Fsp3) is 0.125. The van der Waals surface area contributed by atoms with E-state index in [0.29, 0.717) is 16.8 Å². The molecule has 1 amide bonds. The van der Waals surface area contributed by atoms with E-state index < -0.39 is 11.2 Å². The highest BCUT2D eigenvalue weighted by atomic mass is 16.6. The maximum atomic E-state index is 11.9. The number of nitro benzene ring substituents is 1. The monoisotopic (exact) mass is 326 g/mol. The molecular formula is C16H14N4O4. The number of nitrogen functional groups attached to an aromatic ring is 1. The fourth-order valence-electron chi connectivity index (χ4n) is 2.32. The van der Waals surface area contributed by atoms with E-state index in [1.54, 1.807) is 30.3 Å². The Hall–Kier alpha value is -3.42. The molecule has 1 atom stereocenters. The summed E-state index contributed by atoms with van der Waals surface area (Å²) in [6, 6.07) is 12.8. The molecule has 0 saturated heterocycles. The molecule has 122 valence electrons. The molecule has 1 heterocycles. The second kappa shape index (κ2) is 5.99. The minimum absolute atomic E-state index is 0.0828. The first-order chi connectivity index (χ1) is 11.5. The van der Waals surface area contributed by atoms with E-state index >= 15 is 0 Å². The third-order valence-electron chi connectivity index (χ3n) is 3.49. The lowest BCUT2D eigenvalue weighted by molar-refractivity contribution is -0.385. The van der Waals surface area contributed by atoms with Crippen LogP contribution in [0, 0.1) is 10.1 Å². The van der Waals surface area contributed by atoms with Crippen molar-refractivity contribution in [1.82, 2.24) is 5.01 Å². The van der Waals surface area contributed by atoms with Gasteiger partial charge in [-0.05, 0) is 24.3 Å². The number of rotatable bonds is 3. The van der Waals surface area contributed by atoms with Crippen LogP contribution in [0.2, 0.25) is 0 Å². The van der Waals surface area contributed by atoms with Gasteiger partial charge >= 0.3 is 0 Å². The van der Waals surface area contributed by atoms with E-state index in [1.165, 1.54) is 25.1 Å². The summed E-state index contributed by atoms with van der Waals surface area (Å²) >= 11 is 0. The van der Waals surface area contributed by atoms with Gasteiger partial charge in [-0.15, -0.1) is 5.10 Å². The number of hydrazone groups is 1. The van der Waals surface area contributed by atoms with Gasteiger partial charge in [0.05, 0.1) is 4.92 Å². The standard InChI is InChI=1S/C16H14N4O4/c1-10(21)19-16(12-3-2-4-14(9-12)20(22)23)24-15(18-19)11-5-7-13(17)8-6-11/h2-9,16H,17H2,1H3. The Morgan fingerprint density at radius 2 is 2.00 bits per heavy atom. The summed E-state index contributed by atoms with van der Waals surface area (Å²) < 4.78 is 5.77. The number of amides is 1. The van der Waals surface area contributed by atoms with Crippen molar-refractivity contribution in [3.63, 3.8) is 0 Å². The van der Waals surface area contributed by atoms with Crippen molar-refractivity contribution in [2.24, 2.45) is 5.10 Å². The molecule has 24 heavy (non-hydrogen) atoms. The van der Waals surface area contributed by atoms with Gasteiger partial charge in [-0.2, -0.15) is 5.01 Å². The van der Waals surface area contributed by atoms with Gasteiger partial charge in [-0.25, -0.2) is 0 Å². The quantitative estimate of drug-likeness (QED) is 0.529. The molecule has 3 rings (SSSR count). The molecule has 0 bridgehead atoms. The molecule has 8 nitrogen and oxygen atoms in total. The molecule has 1 unspecified atom stereocenters. The number of hydrogen-bond acceptors (Lipinski definition) is 6. The van der Waals surface area contributed by atoms with Crippen LogP contribution in [0.25, 0.3) is 0 Å². The van der Waals surface area contributed by atoms with E-state index in [0.717, 1.165) is 5.01 Å². The van der Waals surface area contributed by atoms with Crippen LogP contribution in [0.5, 0.6) is 0 Å². The number of nitrogens with two attached hydrogens (primary N) is 1. The zero-order valence-electron chi connectivity index (χ0n) is 12.7. The summed E-state index contributed by atoms with van der Waals surface area (Å²) in [4.78, 5) is 22.3. The van der Waals surface area contributed by atoms with Gasteiger partial charge in [-0.3, -0.25) is 14.9 Å². The molecule has 1 aliphatic rings. The summed E-state index contributed by atoms with van der Waals surface area (Å²) in [5.74, 6) is -0.0846. The molecule has 2 aromatic rings. The largest absolute Gasteiger partial charge is 0.446 e. The molecule has 8 heteroatoms. The predicted octanol–water partition coefficient (Wildman–Crippen LogP) is 2.42. The number of ether oxygens (including phenoxy) is 1. The first-order valence-electron chi connectivity index (χ1n) is 7.11. The molecule has 1 aliphatic heterocycles. The minimum Gasteiger partial charge on any atom is -0.446 e. The second-order valence-corrected chi connectivity index (χ2v) is 5.21. The first-order valence-corrected chi connectivity index (χ1v) is 7.11. The van der Waals surface area contributed by atoms with Gasteiger partial charge in [-0.1, -0.05) is 12.1 Å². The normalized spacial score (nSPS) is 16.5. The number of nitro groups is 1. The van der Waals surface area contributed by atoms with E-state index in [1.807, 2.05) is 0 Å². The number of nitrogens with zero attached hydrogens (tertiary/aromatic N) is 3. The molecule has 2 aromatic carbocycles. The maximum Gasteiger partial charge on any atom is 0.269 e. The van der Waals surface area contributed by atoms with E-state index in [2.05, 4.69) is 5.10 Å². The van der Waals surface area contributed by atoms with Crippen LogP contribution in [0.1, 0.15) is 24.3 Å². The summed E-state index contributed by atoms with van der Waals surface area (Å²) in [5.41, 5.74) is 7.29. The Morgan fingerprint density at radius 1 is 1.29 bits per heavy atom. The Morgan fingerprint density at radius 3 is 2.62 bits per heavy atom. The van der Waals surface area contributed by atoms with Crippen LogP contribution in [0.4, 0.5) is 11.4 Å². The predicted molar refractivity (Wildman–Crippen MR) is 86.8 cm³/mol. The van der Waals surface area contributed by atoms with Crippen LogP contribution in [-0.2, 0) is 9.53 Å². The number of anilines is 1. The minimum atomic E-state index is -0.852. The molecule has 0 spiro atoms. The fourth-order valence-corrected chi connectivity index (χ4v) is 2.32. The second-order valence-electron chi connectivity index (χ2n) is 5.21. The van der Waals surface area contributed by atoms with Crippen LogP contribution in [-0.4, -0.2) is 21.7 Å². The van der Waals surface area contributed by atoms with Crippen LogP contribution < -0.4 is 5.73 Å². The first kappa shape index (κ1) is 15.5. The van der Waals surface area contributed by atoms with Gasteiger partial charge in [0.25, 0.3) is 5.69 Å². The summed E-state index contributed by atoms with van der Waals surface area (Å²) in [7, 11) is 0. The number of benzene rings is 2. The van der Waals surface area contributed by atoms with Gasteiger partial charge in [0.15, 0.2) is 0 Å². The van der Waals surface area contributed by atoms with Gasteiger partial charge in [0.2, 0.25) is 18.0 Å². The third-order valence-corrected chi connectivity index (χ3v) is 3.49. The molecular weight excluding hydrogens is 312 g/mol. The Bertz CT molecular complexity index is 832. The van der Waals surface area contributed by atoms with E-state index in [4.69, 9.17) is 10.5 Å². The van der Waals surface area contributed by atoms with Crippen molar-refractivity contribution in [1.29, 1.82) is 0 Å². The molecule has 0 aromatic heterocycles. The lowest BCUT2D eigenvalue weighted by atomic mass is 10.1. The number of non-ortho nitro benzene ring substituents is 1.